The quantitative estimate of drug-likeness (QED) is 0.550. The topological polar surface area (TPSA) is 110 Å². The van der Waals surface area contributed by atoms with Crippen molar-refractivity contribution in [1.82, 2.24) is 4.31 Å². The zero-order chi connectivity index (χ0) is 19.6. The summed E-state index contributed by atoms with van der Waals surface area (Å²) in [6.45, 7) is 0.950. The van der Waals surface area contributed by atoms with Crippen LogP contribution in [-0.2, 0) is 10.0 Å². The van der Waals surface area contributed by atoms with Crippen molar-refractivity contribution >= 4 is 43.2 Å². The van der Waals surface area contributed by atoms with Gasteiger partial charge in [0, 0.05) is 35.4 Å². The summed E-state index contributed by atoms with van der Waals surface area (Å²) in [4.78, 5) is 22.8. The lowest BCUT2D eigenvalue weighted by molar-refractivity contribution is -0.384. The van der Waals surface area contributed by atoms with E-state index in [9.17, 15) is 23.3 Å². The first-order chi connectivity index (χ1) is 12.8. The van der Waals surface area contributed by atoms with E-state index in [1.54, 1.807) is 0 Å². The number of non-ortho nitro benzene ring substituents is 1. The van der Waals surface area contributed by atoms with Crippen LogP contribution in [0.3, 0.4) is 0 Å². The summed E-state index contributed by atoms with van der Waals surface area (Å²) < 4.78 is 27.2. The normalized spacial score (nSPS) is 14.9. The molecule has 1 heterocycles. The molecule has 1 saturated heterocycles. The predicted octanol–water partition coefficient (Wildman–Crippen LogP) is 3.39. The molecule has 0 radical (unpaired) electrons. The standard InChI is InChI=1S/C17H16BrN3O5S/c18-16-8-7-14(27(25,26)20-9-1-2-10-20)11-15(16)17(22)19-12-3-5-13(6-4-12)21(23)24/h3-8,11H,1-2,9-10H2,(H,19,22). The van der Waals surface area contributed by atoms with Crippen LogP contribution in [0.1, 0.15) is 23.2 Å². The van der Waals surface area contributed by atoms with Gasteiger partial charge in [-0.1, -0.05) is 0 Å². The fourth-order valence-electron chi connectivity index (χ4n) is 2.78. The second kappa shape index (κ2) is 7.75. The zero-order valence-corrected chi connectivity index (χ0v) is 16.5. The highest BCUT2D eigenvalue weighted by atomic mass is 79.9. The number of amides is 1. The molecule has 2 aromatic rings. The van der Waals surface area contributed by atoms with E-state index in [-0.39, 0.29) is 16.1 Å². The van der Waals surface area contributed by atoms with E-state index in [1.807, 2.05) is 0 Å². The Morgan fingerprint density at radius 1 is 1.11 bits per heavy atom. The van der Waals surface area contributed by atoms with E-state index in [4.69, 9.17) is 0 Å². The number of halogens is 1. The van der Waals surface area contributed by atoms with Crippen LogP contribution in [-0.4, -0.2) is 36.6 Å². The van der Waals surface area contributed by atoms with E-state index in [0.717, 1.165) is 12.8 Å². The van der Waals surface area contributed by atoms with Crippen LogP contribution in [0.4, 0.5) is 11.4 Å². The number of rotatable bonds is 5. The number of nitrogens with one attached hydrogen (secondary N) is 1. The molecule has 142 valence electrons. The van der Waals surface area contributed by atoms with Crippen molar-refractivity contribution in [1.29, 1.82) is 0 Å². The number of benzene rings is 2. The van der Waals surface area contributed by atoms with Gasteiger partial charge < -0.3 is 5.32 Å². The molecule has 1 aliphatic heterocycles. The average molecular weight is 454 g/mol. The number of nitrogens with zero attached hydrogens (tertiary/aromatic N) is 2. The van der Waals surface area contributed by atoms with Gasteiger partial charge in [0.1, 0.15) is 0 Å². The molecular formula is C17H16BrN3O5S. The Balaban J connectivity index is 1.85. The molecule has 27 heavy (non-hydrogen) atoms. The molecule has 1 fully saturated rings. The SMILES string of the molecule is O=C(Nc1ccc([N+](=O)[O-])cc1)c1cc(S(=O)(=O)N2CCCC2)ccc1Br. The van der Waals surface area contributed by atoms with Gasteiger partial charge >= 0.3 is 0 Å². The van der Waals surface area contributed by atoms with Gasteiger partial charge in [0.05, 0.1) is 15.4 Å². The minimum atomic E-state index is -3.64. The smallest absolute Gasteiger partial charge is 0.269 e. The second-order valence-electron chi connectivity index (χ2n) is 6.01. The molecular weight excluding hydrogens is 438 g/mol. The van der Waals surface area contributed by atoms with Crippen LogP contribution in [0.15, 0.2) is 51.8 Å². The molecule has 1 N–H and O–H groups in total. The fraction of sp³-hybridized carbons (Fsp3) is 0.235. The Morgan fingerprint density at radius 3 is 2.33 bits per heavy atom. The van der Waals surface area contributed by atoms with Crippen molar-refractivity contribution in [2.45, 2.75) is 17.7 Å². The number of sulfonamides is 1. The number of hydrogen-bond acceptors (Lipinski definition) is 5. The molecule has 10 heteroatoms. The highest BCUT2D eigenvalue weighted by Crippen LogP contribution is 2.26. The summed E-state index contributed by atoms with van der Waals surface area (Å²) in [5, 5.41) is 13.3. The van der Waals surface area contributed by atoms with Gasteiger partial charge in [-0.05, 0) is 59.1 Å². The van der Waals surface area contributed by atoms with E-state index < -0.39 is 20.9 Å². The number of anilines is 1. The maximum Gasteiger partial charge on any atom is 0.269 e. The van der Waals surface area contributed by atoms with Gasteiger partial charge in [-0.3, -0.25) is 14.9 Å². The summed E-state index contributed by atoms with van der Waals surface area (Å²) in [5.41, 5.74) is 0.437. The molecule has 0 aromatic heterocycles. The van der Waals surface area contributed by atoms with E-state index in [0.29, 0.717) is 23.2 Å². The summed E-state index contributed by atoms with van der Waals surface area (Å²) >= 11 is 3.27. The van der Waals surface area contributed by atoms with Gasteiger partial charge in [-0.15, -0.1) is 0 Å². The maximum atomic E-state index is 12.7. The third-order valence-corrected chi connectivity index (χ3v) is 6.81. The number of nitro benzene ring substituents is 1. The Hall–Kier alpha value is -2.30. The van der Waals surface area contributed by atoms with Crippen LogP contribution in [0.5, 0.6) is 0 Å². The number of carbonyl (C=O) groups is 1. The van der Waals surface area contributed by atoms with Crippen molar-refractivity contribution in [3.05, 3.63) is 62.6 Å². The van der Waals surface area contributed by atoms with Crippen LogP contribution in [0, 0.1) is 10.1 Å². The van der Waals surface area contributed by atoms with Crippen LogP contribution in [0.2, 0.25) is 0 Å². The Labute approximate surface area is 164 Å². The average Bonchev–Trinajstić information content (AvgIpc) is 3.18. The van der Waals surface area contributed by atoms with Crippen molar-refractivity contribution in [3.63, 3.8) is 0 Å². The fourth-order valence-corrected chi connectivity index (χ4v) is 4.75. The number of hydrogen-bond donors (Lipinski definition) is 1. The zero-order valence-electron chi connectivity index (χ0n) is 14.1. The molecule has 0 saturated carbocycles. The Bertz CT molecular complexity index is 986. The third-order valence-electron chi connectivity index (χ3n) is 4.22. The summed E-state index contributed by atoms with van der Waals surface area (Å²) in [7, 11) is -3.64. The first-order valence-electron chi connectivity index (χ1n) is 8.14. The van der Waals surface area contributed by atoms with Gasteiger partial charge in [0.2, 0.25) is 10.0 Å². The highest BCUT2D eigenvalue weighted by Gasteiger charge is 2.28. The van der Waals surface area contributed by atoms with Gasteiger partial charge in [0.25, 0.3) is 11.6 Å². The van der Waals surface area contributed by atoms with E-state index >= 15 is 0 Å². The van der Waals surface area contributed by atoms with E-state index in [1.165, 1.54) is 46.8 Å². The monoisotopic (exact) mass is 453 g/mol. The lowest BCUT2D eigenvalue weighted by atomic mass is 10.2. The number of carbonyl (C=O) groups excluding carboxylic acids is 1. The molecule has 0 aliphatic carbocycles. The maximum absolute atomic E-state index is 12.7. The van der Waals surface area contributed by atoms with Gasteiger partial charge in [0.15, 0.2) is 0 Å². The Kier molecular flexibility index (Phi) is 5.59. The minimum Gasteiger partial charge on any atom is -0.322 e. The molecule has 1 amide bonds. The molecule has 8 nitrogen and oxygen atoms in total. The molecule has 3 rings (SSSR count). The van der Waals surface area contributed by atoms with Crippen molar-refractivity contribution in [3.8, 4) is 0 Å². The largest absolute Gasteiger partial charge is 0.322 e. The summed E-state index contributed by atoms with van der Waals surface area (Å²) in [6, 6.07) is 9.69. The Morgan fingerprint density at radius 2 is 1.74 bits per heavy atom. The van der Waals surface area contributed by atoms with Crippen molar-refractivity contribution in [2.75, 3.05) is 18.4 Å². The van der Waals surface area contributed by atoms with Crippen LogP contribution in [0.25, 0.3) is 0 Å². The first-order valence-corrected chi connectivity index (χ1v) is 10.4. The molecule has 1 aliphatic rings. The number of nitro groups is 1. The molecule has 0 bridgehead atoms. The third kappa shape index (κ3) is 4.18. The van der Waals surface area contributed by atoms with Crippen LogP contribution >= 0.6 is 15.9 Å². The first kappa shape index (κ1) is 19.5. The molecule has 0 spiro atoms. The predicted molar refractivity (Wildman–Crippen MR) is 103 cm³/mol. The van der Waals surface area contributed by atoms with Crippen LogP contribution < -0.4 is 5.32 Å². The van der Waals surface area contributed by atoms with Gasteiger partial charge in [-0.2, -0.15) is 4.31 Å². The van der Waals surface area contributed by atoms with Gasteiger partial charge in [-0.25, -0.2) is 8.42 Å². The van der Waals surface area contributed by atoms with Crippen molar-refractivity contribution in [2.24, 2.45) is 0 Å². The molecule has 2 aromatic carbocycles. The highest BCUT2D eigenvalue weighted by molar-refractivity contribution is 9.10. The van der Waals surface area contributed by atoms with E-state index in [2.05, 4.69) is 21.2 Å². The summed E-state index contributed by atoms with van der Waals surface area (Å²) in [5.74, 6) is -0.519. The minimum absolute atomic E-state index is 0.0569. The van der Waals surface area contributed by atoms with Crippen molar-refractivity contribution < 1.29 is 18.1 Å². The lowest BCUT2D eigenvalue weighted by Gasteiger charge is -2.16. The summed E-state index contributed by atoms with van der Waals surface area (Å²) in [6.07, 6.45) is 1.65. The second-order valence-corrected chi connectivity index (χ2v) is 8.80. The molecule has 0 atom stereocenters. The lowest BCUT2D eigenvalue weighted by Crippen LogP contribution is -2.28. The molecule has 0 unspecified atom stereocenters.